The van der Waals surface area contributed by atoms with Crippen molar-refractivity contribution in [3.05, 3.63) is 47.5 Å². The van der Waals surface area contributed by atoms with Crippen molar-refractivity contribution in [1.82, 2.24) is 25.0 Å². The second-order valence-corrected chi connectivity index (χ2v) is 8.31. The van der Waals surface area contributed by atoms with E-state index in [1.165, 1.54) is 5.56 Å². The standard InChI is InChI=1S/C21H27N5O/c27-20(21(8-9-21)14-16-4-2-1-3-5-16)25-11-6-17(7-12-25)19-24-23-18-15-22-10-13-26(18)19/h1-5,17,22H,6-15H2. The van der Waals surface area contributed by atoms with Crippen molar-refractivity contribution in [3.63, 3.8) is 0 Å². The van der Waals surface area contributed by atoms with Crippen molar-refractivity contribution in [2.75, 3.05) is 19.6 Å². The van der Waals surface area contributed by atoms with Crippen molar-refractivity contribution < 1.29 is 4.79 Å². The van der Waals surface area contributed by atoms with Gasteiger partial charge in [-0.25, -0.2) is 0 Å². The van der Waals surface area contributed by atoms with Crippen LogP contribution in [0.5, 0.6) is 0 Å². The summed E-state index contributed by atoms with van der Waals surface area (Å²) in [5, 5.41) is 12.2. The predicted molar refractivity (Wildman–Crippen MR) is 102 cm³/mol. The monoisotopic (exact) mass is 365 g/mol. The number of carbonyl (C=O) groups excluding carboxylic acids is 1. The smallest absolute Gasteiger partial charge is 0.229 e. The minimum absolute atomic E-state index is 0.131. The van der Waals surface area contributed by atoms with Crippen LogP contribution >= 0.6 is 0 Å². The van der Waals surface area contributed by atoms with Crippen LogP contribution in [-0.2, 0) is 24.3 Å². The Morgan fingerprint density at radius 3 is 2.63 bits per heavy atom. The third kappa shape index (κ3) is 3.16. The topological polar surface area (TPSA) is 63.1 Å². The number of likely N-dealkylation sites (tertiary alicyclic amines) is 1. The zero-order valence-electron chi connectivity index (χ0n) is 15.7. The molecule has 6 heteroatoms. The van der Waals surface area contributed by atoms with Crippen molar-refractivity contribution in [3.8, 4) is 0 Å². The molecule has 27 heavy (non-hydrogen) atoms. The lowest BCUT2D eigenvalue weighted by Crippen LogP contribution is -2.43. The normalized spacial score (nSPS) is 21.7. The van der Waals surface area contributed by atoms with E-state index in [4.69, 9.17) is 0 Å². The number of hydrogen-bond acceptors (Lipinski definition) is 4. The number of hydrogen-bond donors (Lipinski definition) is 1. The number of nitrogens with zero attached hydrogens (tertiary/aromatic N) is 4. The largest absolute Gasteiger partial charge is 0.342 e. The molecule has 1 aliphatic carbocycles. The van der Waals surface area contributed by atoms with Crippen molar-refractivity contribution in [2.24, 2.45) is 5.41 Å². The molecule has 0 spiro atoms. The lowest BCUT2D eigenvalue weighted by atomic mass is 9.91. The van der Waals surface area contributed by atoms with Gasteiger partial charge in [-0.1, -0.05) is 30.3 Å². The number of amides is 1. The van der Waals surface area contributed by atoms with Gasteiger partial charge in [-0.05, 0) is 37.7 Å². The first-order chi connectivity index (χ1) is 13.3. The molecule has 1 saturated heterocycles. The van der Waals surface area contributed by atoms with Crippen molar-refractivity contribution in [2.45, 2.75) is 51.1 Å². The van der Waals surface area contributed by atoms with E-state index in [2.05, 4.69) is 49.2 Å². The zero-order chi connectivity index (χ0) is 18.3. The van der Waals surface area contributed by atoms with Gasteiger partial charge in [0.25, 0.3) is 0 Å². The van der Waals surface area contributed by atoms with Gasteiger partial charge < -0.3 is 14.8 Å². The molecular formula is C21H27N5O. The molecule has 1 saturated carbocycles. The Labute approximate surface area is 160 Å². The molecule has 0 bridgehead atoms. The van der Waals surface area contributed by atoms with Gasteiger partial charge >= 0.3 is 0 Å². The molecule has 3 aliphatic rings. The van der Waals surface area contributed by atoms with Gasteiger partial charge in [0.15, 0.2) is 0 Å². The summed E-state index contributed by atoms with van der Waals surface area (Å²) >= 11 is 0. The number of fused-ring (bicyclic) bond motifs is 1. The Bertz CT molecular complexity index is 818. The van der Waals surface area contributed by atoms with Gasteiger partial charge in [0.1, 0.15) is 11.6 Å². The minimum atomic E-state index is -0.131. The maximum absolute atomic E-state index is 13.2. The first kappa shape index (κ1) is 16.9. The second kappa shape index (κ2) is 6.75. The number of rotatable bonds is 4. The molecule has 1 N–H and O–H groups in total. The van der Waals surface area contributed by atoms with E-state index in [1.54, 1.807) is 0 Å². The Kier molecular flexibility index (Phi) is 4.23. The maximum atomic E-state index is 13.2. The molecule has 1 aromatic heterocycles. The number of piperidine rings is 1. The summed E-state index contributed by atoms with van der Waals surface area (Å²) in [6.45, 7) is 4.45. The van der Waals surface area contributed by atoms with Crippen LogP contribution in [0.25, 0.3) is 0 Å². The van der Waals surface area contributed by atoms with Gasteiger partial charge in [0.2, 0.25) is 5.91 Å². The summed E-state index contributed by atoms with van der Waals surface area (Å²) in [7, 11) is 0. The van der Waals surface area contributed by atoms with Crippen molar-refractivity contribution in [1.29, 1.82) is 0 Å². The van der Waals surface area contributed by atoms with Crippen molar-refractivity contribution >= 4 is 5.91 Å². The number of benzene rings is 1. The van der Waals surface area contributed by atoms with Gasteiger partial charge in [-0.15, -0.1) is 10.2 Å². The van der Waals surface area contributed by atoms with Crippen LogP contribution in [0.2, 0.25) is 0 Å². The minimum Gasteiger partial charge on any atom is -0.342 e. The maximum Gasteiger partial charge on any atom is 0.229 e. The Morgan fingerprint density at radius 2 is 1.89 bits per heavy atom. The second-order valence-electron chi connectivity index (χ2n) is 8.31. The fraction of sp³-hybridized carbons (Fsp3) is 0.571. The molecule has 5 rings (SSSR count). The van der Waals surface area contributed by atoms with Crippen LogP contribution in [0.15, 0.2) is 30.3 Å². The number of carbonyl (C=O) groups is 1. The van der Waals surface area contributed by atoms with Gasteiger partial charge in [-0.2, -0.15) is 0 Å². The summed E-state index contributed by atoms with van der Waals surface area (Å²) in [6, 6.07) is 10.5. The lowest BCUT2D eigenvalue weighted by Gasteiger charge is -2.34. The first-order valence-corrected chi connectivity index (χ1v) is 10.2. The van der Waals surface area contributed by atoms with E-state index in [0.29, 0.717) is 11.8 Å². The summed E-state index contributed by atoms with van der Waals surface area (Å²) in [5.41, 5.74) is 1.15. The molecule has 0 radical (unpaired) electrons. The highest BCUT2D eigenvalue weighted by Crippen LogP contribution is 2.50. The number of aromatic nitrogens is 3. The molecule has 0 atom stereocenters. The Balaban J connectivity index is 1.23. The van der Waals surface area contributed by atoms with E-state index in [0.717, 1.165) is 76.5 Å². The quantitative estimate of drug-likeness (QED) is 0.901. The summed E-state index contributed by atoms with van der Waals surface area (Å²) < 4.78 is 2.29. The molecule has 142 valence electrons. The van der Waals surface area contributed by atoms with Gasteiger partial charge in [0, 0.05) is 32.1 Å². The molecule has 2 aliphatic heterocycles. The molecule has 2 fully saturated rings. The van der Waals surface area contributed by atoms with Crippen LogP contribution in [0, 0.1) is 5.41 Å². The molecule has 1 aromatic carbocycles. The molecule has 6 nitrogen and oxygen atoms in total. The van der Waals surface area contributed by atoms with Gasteiger partial charge in [0.05, 0.1) is 12.0 Å². The fourth-order valence-electron chi connectivity index (χ4n) is 4.70. The fourth-order valence-corrected chi connectivity index (χ4v) is 4.70. The van der Waals surface area contributed by atoms with E-state index < -0.39 is 0 Å². The van der Waals surface area contributed by atoms with Crippen LogP contribution in [0.4, 0.5) is 0 Å². The van der Waals surface area contributed by atoms with Crippen LogP contribution in [-0.4, -0.2) is 45.2 Å². The third-order valence-electron chi connectivity index (χ3n) is 6.49. The highest BCUT2D eigenvalue weighted by atomic mass is 16.2. The van der Waals surface area contributed by atoms with Crippen LogP contribution < -0.4 is 5.32 Å². The molecule has 1 amide bonds. The SMILES string of the molecule is O=C(N1CCC(c2nnc3n2CCNC3)CC1)C1(Cc2ccccc2)CC1. The first-order valence-electron chi connectivity index (χ1n) is 10.2. The van der Waals surface area contributed by atoms with E-state index in [1.807, 2.05) is 6.07 Å². The van der Waals surface area contributed by atoms with Crippen LogP contribution in [0.1, 0.15) is 48.8 Å². The predicted octanol–water partition coefficient (Wildman–Crippen LogP) is 2.11. The molecule has 2 aromatic rings. The van der Waals surface area contributed by atoms with E-state index >= 15 is 0 Å². The number of nitrogens with one attached hydrogen (secondary N) is 1. The van der Waals surface area contributed by atoms with E-state index in [9.17, 15) is 4.79 Å². The van der Waals surface area contributed by atoms with E-state index in [-0.39, 0.29) is 5.41 Å². The average molecular weight is 365 g/mol. The highest BCUT2D eigenvalue weighted by Gasteiger charge is 2.51. The summed E-state index contributed by atoms with van der Waals surface area (Å²) in [5.74, 6) is 2.98. The van der Waals surface area contributed by atoms with Crippen LogP contribution in [0.3, 0.4) is 0 Å². The zero-order valence-corrected chi connectivity index (χ0v) is 15.7. The molecule has 0 unspecified atom stereocenters. The van der Waals surface area contributed by atoms with Gasteiger partial charge in [-0.3, -0.25) is 4.79 Å². The lowest BCUT2D eigenvalue weighted by molar-refractivity contribution is -0.138. The summed E-state index contributed by atoms with van der Waals surface area (Å²) in [4.78, 5) is 15.3. The summed E-state index contributed by atoms with van der Waals surface area (Å²) in [6.07, 6.45) is 4.95. The third-order valence-corrected chi connectivity index (χ3v) is 6.49. The molecular weight excluding hydrogens is 338 g/mol. The molecule has 3 heterocycles. The highest BCUT2D eigenvalue weighted by molar-refractivity contribution is 5.85. The Hall–Kier alpha value is -2.21. The average Bonchev–Trinajstić information content (AvgIpc) is 3.37. The Morgan fingerprint density at radius 1 is 1.11 bits per heavy atom.